The zero-order valence-electron chi connectivity index (χ0n) is 18.2. The third-order valence-electron chi connectivity index (χ3n) is 6.15. The molecule has 5 rings (SSSR count). The highest BCUT2D eigenvalue weighted by Gasteiger charge is 2.22. The SMILES string of the molecule is Cl.NC1=NCc2cc(-c3ccc(=O)n(Cc4cccc(Cl)c4)c3)cc(NC3CCNCC3)c21. The highest BCUT2D eigenvalue weighted by atomic mass is 35.5. The largest absolute Gasteiger partial charge is 0.383 e. The first-order valence-electron chi connectivity index (χ1n) is 11.0. The summed E-state index contributed by atoms with van der Waals surface area (Å²) in [5.74, 6) is 0.592. The van der Waals surface area contributed by atoms with E-state index in [-0.39, 0.29) is 18.0 Å². The standard InChI is InChI=1S/C25H26ClN5O.ClH/c26-20-3-1-2-16(10-20)14-31-15-17(4-5-23(31)32)18-11-19-13-29-25(27)24(19)22(12-18)30-21-6-8-28-9-7-21;/h1-5,10-12,15,21,28,30H,6-9,13-14H2,(H2,27,29);1H. The van der Waals surface area contributed by atoms with Crippen molar-refractivity contribution in [3.63, 3.8) is 0 Å². The molecule has 0 unspecified atom stereocenters. The second kappa shape index (κ2) is 10.00. The molecule has 2 aliphatic rings. The van der Waals surface area contributed by atoms with Gasteiger partial charge < -0.3 is 20.9 Å². The van der Waals surface area contributed by atoms with Gasteiger partial charge in [-0.05, 0) is 78.5 Å². The fraction of sp³-hybridized carbons (Fsp3) is 0.280. The molecule has 3 aromatic rings. The van der Waals surface area contributed by atoms with Gasteiger partial charge in [-0.15, -0.1) is 12.4 Å². The predicted octanol–water partition coefficient (Wildman–Crippen LogP) is 4.02. The van der Waals surface area contributed by atoms with E-state index >= 15 is 0 Å². The first-order valence-corrected chi connectivity index (χ1v) is 11.3. The van der Waals surface area contributed by atoms with Crippen molar-refractivity contribution in [2.75, 3.05) is 18.4 Å². The molecular weight excluding hydrogens is 457 g/mol. The van der Waals surface area contributed by atoms with Gasteiger partial charge in [0.05, 0.1) is 13.1 Å². The number of fused-ring (bicyclic) bond motifs is 1. The number of benzene rings is 2. The van der Waals surface area contributed by atoms with E-state index in [1.54, 1.807) is 10.6 Å². The van der Waals surface area contributed by atoms with Gasteiger partial charge in [0.15, 0.2) is 0 Å². The zero-order valence-corrected chi connectivity index (χ0v) is 19.8. The van der Waals surface area contributed by atoms with Crippen LogP contribution >= 0.6 is 24.0 Å². The van der Waals surface area contributed by atoms with Crippen molar-refractivity contribution in [3.8, 4) is 11.1 Å². The van der Waals surface area contributed by atoms with Crippen molar-refractivity contribution < 1.29 is 0 Å². The van der Waals surface area contributed by atoms with Gasteiger partial charge >= 0.3 is 0 Å². The molecule has 0 spiro atoms. The summed E-state index contributed by atoms with van der Waals surface area (Å²) in [5.41, 5.74) is 12.3. The number of anilines is 1. The summed E-state index contributed by atoms with van der Waals surface area (Å²) >= 11 is 6.12. The summed E-state index contributed by atoms with van der Waals surface area (Å²) in [6.45, 7) is 3.07. The van der Waals surface area contributed by atoms with Crippen LogP contribution in [-0.2, 0) is 13.1 Å². The first kappa shape index (κ1) is 23.4. The van der Waals surface area contributed by atoms with Crippen LogP contribution in [0.25, 0.3) is 11.1 Å². The Morgan fingerprint density at radius 3 is 2.73 bits per heavy atom. The lowest BCUT2D eigenvalue weighted by atomic mass is 9.97. The molecule has 0 atom stereocenters. The zero-order chi connectivity index (χ0) is 22.1. The Hall–Kier alpha value is -2.80. The number of amidine groups is 1. The summed E-state index contributed by atoms with van der Waals surface area (Å²) in [4.78, 5) is 17.0. The number of nitrogens with one attached hydrogen (secondary N) is 2. The van der Waals surface area contributed by atoms with Gasteiger partial charge in [-0.25, -0.2) is 0 Å². The maximum atomic E-state index is 12.5. The van der Waals surface area contributed by atoms with Crippen LogP contribution < -0.4 is 21.9 Å². The Morgan fingerprint density at radius 2 is 1.94 bits per heavy atom. The molecule has 0 aliphatic carbocycles. The number of nitrogens with two attached hydrogens (primary N) is 1. The summed E-state index contributed by atoms with van der Waals surface area (Å²) in [6, 6.07) is 15.8. The molecule has 1 aromatic heterocycles. The minimum absolute atomic E-state index is 0. The lowest BCUT2D eigenvalue weighted by Crippen LogP contribution is -2.35. The Morgan fingerprint density at radius 1 is 1.12 bits per heavy atom. The van der Waals surface area contributed by atoms with Crippen molar-refractivity contribution >= 4 is 35.5 Å². The fourth-order valence-corrected chi connectivity index (χ4v) is 4.72. The molecule has 2 aliphatic heterocycles. The molecule has 172 valence electrons. The fourth-order valence-electron chi connectivity index (χ4n) is 4.50. The third-order valence-corrected chi connectivity index (χ3v) is 6.39. The number of hydrogen-bond donors (Lipinski definition) is 3. The number of hydrogen-bond acceptors (Lipinski definition) is 5. The number of aliphatic imine (C=N–C) groups is 1. The monoisotopic (exact) mass is 483 g/mol. The number of nitrogens with zero attached hydrogens (tertiary/aromatic N) is 2. The van der Waals surface area contributed by atoms with Crippen LogP contribution in [0.5, 0.6) is 0 Å². The smallest absolute Gasteiger partial charge is 0.250 e. The molecule has 2 aromatic carbocycles. The van der Waals surface area contributed by atoms with Gasteiger partial charge in [0.25, 0.3) is 5.56 Å². The van der Waals surface area contributed by atoms with Crippen LogP contribution in [0.3, 0.4) is 0 Å². The molecule has 0 radical (unpaired) electrons. The van der Waals surface area contributed by atoms with E-state index < -0.39 is 0 Å². The average Bonchev–Trinajstić information content (AvgIpc) is 3.17. The van der Waals surface area contributed by atoms with E-state index in [0.29, 0.717) is 30.0 Å². The van der Waals surface area contributed by atoms with Gasteiger partial charge in [0.1, 0.15) is 5.84 Å². The quantitative estimate of drug-likeness (QED) is 0.511. The maximum Gasteiger partial charge on any atom is 0.250 e. The maximum absolute atomic E-state index is 12.5. The van der Waals surface area contributed by atoms with Crippen molar-refractivity contribution in [3.05, 3.63) is 86.8 Å². The summed E-state index contributed by atoms with van der Waals surface area (Å²) in [6.07, 6.45) is 4.06. The summed E-state index contributed by atoms with van der Waals surface area (Å²) in [7, 11) is 0. The molecule has 8 heteroatoms. The predicted molar refractivity (Wildman–Crippen MR) is 138 cm³/mol. The van der Waals surface area contributed by atoms with Gasteiger partial charge in [0.2, 0.25) is 0 Å². The molecule has 0 bridgehead atoms. The van der Waals surface area contributed by atoms with Crippen LogP contribution in [0, 0.1) is 0 Å². The number of halogens is 2. The molecule has 4 N–H and O–H groups in total. The van der Waals surface area contributed by atoms with E-state index in [9.17, 15) is 4.79 Å². The lowest BCUT2D eigenvalue weighted by molar-refractivity contribution is 0.479. The Labute approximate surface area is 204 Å². The van der Waals surface area contributed by atoms with Crippen molar-refractivity contribution in [2.45, 2.75) is 32.0 Å². The molecule has 1 saturated heterocycles. The van der Waals surface area contributed by atoms with E-state index in [1.165, 1.54) is 0 Å². The first-order chi connectivity index (χ1) is 15.6. The van der Waals surface area contributed by atoms with E-state index in [2.05, 4.69) is 27.8 Å². The normalized spacial score (nSPS) is 15.5. The van der Waals surface area contributed by atoms with Crippen molar-refractivity contribution in [1.82, 2.24) is 9.88 Å². The Balaban J connectivity index is 0.00000259. The van der Waals surface area contributed by atoms with Gasteiger partial charge in [-0.1, -0.05) is 23.7 Å². The Kier molecular flexibility index (Phi) is 7.08. The van der Waals surface area contributed by atoms with Crippen LogP contribution in [0.15, 0.2) is 64.5 Å². The molecule has 1 fully saturated rings. The number of aromatic nitrogens is 1. The molecule has 6 nitrogen and oxygen atoms in total. The molecule has 0 amide bonds. The second-order valence-corrected chi connectivity index (χ2v) is 8.88. The second-order valence-electron chi connectivity index (χ2n) is 8.44. The average molecular weight is 484 g/mol. The van der Waals surface area contributed by atoms with E-state index in [4.69, 9.17) is 17.3 Å². The third kappa shape index (κ3) is 5.08. The number of piperidine rings is 1. The van der Waals surface area contributed by atoms with E-state index in [0.717, 1.165) is 59.4 Å². The van der Waals surface area contributed by atoms with Gasteiger partial charge in [-0.3, -0.25) is 9.79 Å². The van der Waals surface area contributed by atoms with Crippen LogP contribution in [0.1, 0.15) is 29.5 Å². The van der Waals surface area contributed by atoms with Gasteiger partial charge in [-0.2, -0.15) is 0 Å². The summed E-state index contributed by atoms with van der Waals surface area (Å²) < 4.78 is 1.72. The number of rotatable bonds is 5. The summed E-state index contributed by atoms with van der Waals surface area (Å²) in [5, 5.41) is 7.78. The molecule has 3 heterocycles. The lowest BCUT2D eigenvalue weighted by Gasteiger charge is -2.26. The highest BCUT2D eigenvalue weighted by molar-refractivity contribution is 6.30. The molecular formula is C25H27Cl2N5O. The van der Waals surface area contributed by atoms with Crippen molar-refractivity contribution in [1.29, 1.82) is 0 Å². The van der Waals surface area contributed by atoms with E-state index in [1.807, 2.05) is 36.5 Å². The van der Waals surface area contributed by atoms with Crippen LogP contribution in [0.2, 0.25) is 5.02 Å². The molecule has 33 heavy (non-hydrogen) atoms. The van der Waals surface area contributed by atoms with Crippen molar-refractivity contribution in [2.24, 2.45) is 10.7 Å². The highest BCUT2D eigenvalue weighted by Crippen LogP contribution is 2.33. The Bertz CT molecular complexity index is 1250. The van der Waals surface area contributed by atoms with Crippen LogP contribution in [0.4, 0.5) is 5.69 Å². The number of pyridine rings is 1. The van der Waals surface area contributed by atoms with Gasteiger partial charge in [0, 0.05) is 34.6 Å². The topological polar surface area (TPSA) is 84.4 Å². The minimum atomic E-state index is -0.0458. The minimum Gasteiger partial charge on any atom is -0.383 e. The van der Waals surface area contributed by atoms with Crippen LogP contribution in [-0.4, -0.2) is 29.5 Å². The molecule has 0 saturated carbocycles.